The molecule has 0 saturated heterocycles. The quantitative estimate of drug-likeness (QED) is 0.300. The third-order valence-corrected chi connectivity index (χ3v) is 0. The molecule has 0 aliphatic heterocycles. The molecule has 0 rings (SSSR count). The van der Waals surface area contributed by atoms with Gasteiger partial charge in [-0.1, -0.05) is 0 Å². The molecule has 0 saturated carbocycles. The van der Waals surface area contributed by atoms with Gasteiger partial charge in [0, 0.05) is 0 Å². The van der Waals surface area contributed by atoms with Gasteiger partial charge >= 0.3 is 90.0 Å². The van der Waals surface area contributed by atoms with Gasteiger partial charge in [-0.15, -0.1) is 0 Å². The zero-order valence-electron chi connectivity index (χ0n) is 4.29. The van der Waals surface area contributed by atoms with E-state index >= 15 is 0 Å². The van der Waals surface area contributed by atoms with Gasteiger partial charge in [0.05, 0.1) is 0 Å². The zero-order chi connectivity index (χ0) is 4.50. The fourth-order valence-corrected chi connectivity index (χ4v) is 0. The van der Waals surface area contributed by atoms with E-state index in [4.69, 9.17) is 19.2 Å². The van der Waals surface area contributed by atoms with Crippen LogP contribution in [-0.4, -0.2) is 131 Å². The van der Waals surface area contributed by atoms with Crippen molar-refractivity contribution in [3.63, 3.8) is 0 Å². The van der Waals surface area contributed by atoms with E-state index in [0.29, 0.717) is 0 Å². The van der Waals surface area contributed by atoms with Crippen LogP contribution < -0.4 is 0 Å². The maximum atomic E-state index is 7.33. The summed E-state index contributed by atoms with van der Waals surface area (Å²) in [5, 5.41) is 0. The van der Waals surface area contributed by atoms with Gasteiger partial charge in [-0.3, -0.25) is 0 Å². The standard InChI is InChI=1S/K.Na.H4O4Si.4H2O.2H/c;;1-5(2,3)4;;;;;;/h;;1-4H;4*1H2;;. The molecule has 0 atom stereocenters. The molecule has 8 nitrogen and oxygen atoms in total. The van der Waals surface area contributed by atoms with Gasteiger partial charge < -0.3 is 41.1 Å². The van der Waals surface area contributed by atoms with Gasteiger partial charge in [0.1, 0.15) is 0 Å². The summed E-state index contributed by atoms with van der Waals surface area (Å²) in [5.74, 6) is 0. The van der Waals surface area contributed by atoms with Crippen molar-refractivity contribution in [3.8, 4) is 0 Å². The van der Waals surface area contributed by atoms with Crippen LogP contribution in [0.25, 0.3) is 0 Å². The molecule has 0 aromatic rings. The summed E-state index contributed by atoms with van der Waals surface area (Å²) < 4.78 is 0. The van der Waals surface area contributed by atoms with Gasteiger partial charge in [0.25, 0.3) is 0 Å². The van der Waals surface area contributed by atoms with E-state index in [-0.39, 0.29) is 103 Å². The first-order chi connectivity index (χ1) is 2.00. The van der Waals surface area contributed by atoms with Crippen molar-refractivity contribution in [3.05, 3.63) is 0 Å². The van der Waals surface area contributed by atoms with E-state index in [1.807, 2.05) is 0 Å². The van der Waals surface area contributed by atoms with Crippen LogP contribution in [0, 0.1) is 0 Å². The van der Waals surface area contributed by atoms with Gasteiger partial charge in [-0.25, -0.2) is 0 Å². The Labute approximate surface area is 129 Å². The van der Waals surface area contributed by atoms with Crippen LogP contribution in [0.3, 0.4) is 0 Å². The second-order valence-corrected chi connectivity index (χ2v) is 1.80. The molecule has 0 aromatic carbocycles. The minimum absolute atomic E-state index is 0. The maximum absolute atomic E-state index is 7.33. The molecule has 0 heterocycles. The summed E-state index contributed by atoms with van der Waals surface area (Å²) in [6, 6.07) is 0. The average Bonchev–Trinajstić information content (AvgIpc) is 0.722. The number of rotatable bonds is 0. The molecule has 11 heavy (non-hydrogen) atoms. The van der Waals surface area contributed by atoms with Crippen LogP contribution in [-0.2, 0) is 0 Å². The van der Waals surface area contributed by atoms with Crippen LogP contribution in [0.1, 0.15) is 0 Å². The molecule has 0 aliphatic carbocycles. The van der Waals surface area contributed by atoms with Gasteiger partial charge in [0.15, 0.2) is 0 Å². The van der Waals surface area contributed by atoms with Crippen molar-refractivity contribution in [2.24, 2.45) is 0 Å². The Balaban J connectivity index is -0.00000000533. The molecule has 68 valence electrons. The second kappa shape index (κ2) is 22.9. The molecule has 0 unspecified atom stereocenters. The van der Waals surface area contributed by atoms with Crippen molar-refractivity contribution in [1.29, 1.82) is 0 Å². The van der Waals surface area contributed by atoms with E-state index in [1.54, 1.807) is 0 Å². The van der Waals surface area contributed by atoms with E-state index in [9.17, 15) is 0 Å². The Morgan fingerprint density at radius 1 is 0.636 bits per heavy atom. The van der Waals surface area contributed by atoms with E-state index < -0.39 is 9.05 Å². The van der Waals surface area contributed by atoms with Crippen LogP contribution in [0.4, 0.5) is 0 Å². The third-order valence-electron chi connectivity index (χ3n) is 0. The molecule has 0 spiro atoms. The molecular weight excluding hydrogens is 218 g/mol. The minimum atomic E-state index is -4.61. The van der Waals surface area contributed by atoms with Crippen LogP contribution in [0.5, 0.6) is 0 Å². The van der Waals surface area contributed by atoms with Crippen molar-refractivity contribution >= 4 is 90.0 Å². The molecule has 0 aliphatic rings. The van der Waals surface area contributed by atoms with E-state index in [1.165, 1.54) is 0 Å². The van der Waals surface area contributed by atoms with Crippen molar-refractivity contribution in [2.75, 3.05) is 0 Å². The normalized spacial score (nSPS) is 5.45. The monoisotopic (exact) mass is 232 g/mol. The molecular formula is H14KNaO8Si. The van der Waals surface area contributed by atoms with Gasteiger partial charge in [-0.05, 0) is 0 Å². The summed E-state index contributed by atoms with van der Waals surface area (Å²) in [6.07, 6.45) is 0. The van der Waals surface area contributed by atoms with Crippen LogP contribution in [0.2, 0.25) is 0 Å². The summed E-state index contributed by atoms with van der Waals surface area (Å²) >= 11 is 0. The molecule has 0 bridgehead atoms. The molecule has 0 amide bonds. The summed E-state index contributed by atoms with van der Waals surface area (Å²) in [6.45, 7) is 0. The van der Waals surface area contributed by atoms with Gasteiger partial charge in [-0.2, -0.15) is 0 Å². The van der Waals surface area contributed by atoms with Crippen LogP contribution in [0.15, 0.2) is 0 Å². The first-order valence-corrected chi connectivity index (χ1v) is 2.68. The Kier molecular flexibility index (Phi) is 104. The predicted molar refractivity (Wildman–Crippen MR) is 43.4 cm³/mol. The third kappa shape index (κ3) is 217. The van der Waals surface area contributed by atoms with Gasteiger partial charge in [0.2, 0.25) is 0 Å². The molecule has 0 fully saturated rings. The summed E-state index contributed by atoms with van der Waals surface area (Å²) in [7, 11) is -4.61. The Bertz CT molecular complexity index is 29.6. The Hall–Kier alpha value is 2.53. The number of hydrogen-bond donors (Lipinski definition) is 4. The second-order valence-electron chi connectivity index (χ2n) is 0.600. The molecule has 11 heteroatoms. The van der Waals surface area contributed by atoms with E-state index in [0.717, 1.165) is 0 Å². The average molecular weight is 232 g/mol. The Morgan fingerprint density at radius 2 is 0.636 bits per heavy atom. The van der Waals surface area contributed by atoms with Crippen molar-refractivity contribution in [1.82, 2.24) is 0 Å². The SMILES string of the molecule is O.O.O.O.O[Si](O)(O)O.[KH].[NaH]. The molecule has 0 radical (unpaired) electrons. The predicted octanol–water partition coefficient (Wildman–Crippen LogP) is -7.20. The summed E-state index contributed by atoms with van der Waals surface area (Å²) in [5.41, 5.74) is 0. The summed E-state index contributed by atoms with van der Waals surface area (Å²) in [4.78, 5) is 29.3. The Morgan fingerprint density at radius 3 is 0.636 bits per heavy atom. The molecule has 0 aromatic heterocycles. The number of hydrogen-bond acceptors (Lipinski definition) is 4. The van der Waals surface area contributed by atoms with E-state index in [2.05, 4.69) is 0 Å². The van der Waals surface area contributed by atoms with Crippen molar-refractivity contribution in [2.45, 2.75) is 0 Å². The fourth-order valence-electron chi connectivity index (χ4n) is 0. The fraction of sp³-hybridized carbons (Fsp3) is 0. The first kappa shape index (κ1) is 49.8. The van der Waals surface area contributed by atoms with Crippen molar-refractivity contribution < 1.29 is 41.1 Å². The molecule has 12 N–H and O–H groups in total. The topological polar surface area (TPSA) is 207 Å². The zero-order valence-corrected chi connectivity index (χ0v) is 5.29. The van der Waals surface area contributed by atoms with Crippen LogP contribution >= 0.6 is 0 Å². The first-order valence-electron chi connectivity index (χ1n) is 0.894.